The SMILES string of the molecule is Clc1c2ccccc2nc2nc3ccccc3c(OCC3CC3)c12. The van der Waals surface area contributed by atoms with Gasteiger partial charge in [-0.15, -0.1) is 0 Å². The molecule has 0 bridgehead atoms. The van der Waals surface area contributed by atoms with Gasteiger partial charge in [-0.2, -0.15) is 0 Å². The van der Waals surface area contributed by atoms with Crippen LogP contribution >= 0.6 is 11.6 Å². The molecule has 4 aromatic rings. The van der Waals surface area contributed by atoms with Crippen LogP contribution in [0.1, 0.15) is 12.8 Å². The fraction of sp³-hybridized carbons (Fsp3) is 0.200. The number of halogens is 1. The van der Waals surface area contributed by atoms with Crippen molar-refractivity contribution < 1.29 is 4.74 Å². The first kappa shape index (κ1) is 14.0. The highest BCUT2D eigenvalue weighted by molar-refractivity contribution is 6.41. The summed E-state index contributed by atoms with van der Waals surface area (Å²) in [6, 6.07) is 15.9. The fourth-order valence-electron chi connectivity index (χ4n) is 3.09. The molecule has 24 heavy (non-hydrogen) atoms. The number of para-hydroxylation sites is 2. The van der Waals surface area contributed by atoms with Gasteiger partial charge >= 0.3 is 0 Å². The molecule has 0 saturated heterocycles. The van der Waals surface area contributed by atoms with E-state index in [1.54, 1.807) is 0 Å². The van der Waals surface area contributed by atoms with Crippen LogP contribution in [0.15, 0.2) is 48.5 Å². The van der Waals surface area contributed by atoms with E-state index in [-0.39, 0.29) is 0 Å². The smallest absolute Gasteiger partial charge is 0.165 e. The van der Waals surface area contributed by atoms with E-state index in [4.69, 9.17) is 26.3 Å². The van der Waals surface area contributed by atoms with Gasteiger partial charge in [0.2, 0.25) is 0 Å². The molecular weight excluding hydrogens is 320 g/mol. The Balaban J connectivity index is 1.88. The molecular formula is C20H15ClN2O. The Bertz CT molecular complexity index is 1080. The Morgan fingerprint density at radius 1 is 0.917 bits per heavy atom. The number of ether oxygens (including phenoxy) is 1. The summed E-state index contributed by atoms with van der Waals surface area (Å²) in [6.45, 7) is 0.728. The minimum absolute atomic E-state index is 0.642. The van der Waals surface area contributed by atoms with Gasteiger partial charge in [-0.05, 0) is 37.0 Å². The quantitative estimate of drug-likeness (QED) is 0.472. The van der Waals surface area contributed by atoms with Gasteiger partial charge in [-0.25, -0.2) is 9.97 Å². The van der Waals surface area contributed by atoms with Crippen LogP contribution in [-0.4, -0.2) is 16.6 Å². The van der Waals surface area contributed by atoms with Gasteiger partial charge in [0.1, 0.15) is 5.75 Å². The van der Waals surface area contributed by atoms with Crippen molar-refractivity contribution in [1.82, 2.24) is 9.97 Å². The first-order valence-corrected chi connectivity index (χ1v) is 8.58. The number of hydrogen-bond acceptors (Lipinski definition) is 3. The lowest BCUT2D eigenvalue weighted by atomic mass is 10.1. The van der Waals surface area contributed by atoms with Crippen molar-refractivity contribution in [3.8, 4) is 5.75 Å². The van der Waals surface area contributed by atoms with Gasteiger partial charge in [0.25, 0.3) is 0 Å². The monoisotopic (exact) mass is 334 g/mol. The van der Waals surface area contributed by atoms with Crippen LogP contribution in [-0.2, 0) is 0 Å². The van der Waals surface area contributed by atoms with Crippen molar-refractivity contribution in [2.75, 3.05) is 6.61 Å². The molecule has 3 nitrogen and oxygen atoms in total. The number of pyridine rings is 2. The molecule has 4 heteroatoms. The van der Waals surface area contributed by atoms with E-state index in [1.807, 2.05) is 48.5 Å². The highest BCUT2D eigenvalue weighted by atomic mass is 35.5. The maximum atomic E-state index is 6.75. The summed E-state index contributed by atoms with van der Waals surface area (Å²) < 4.78 is 6.22. The molecule has 1 saturated carbocycles. The number of rotatable bonds is 3. The number of benzene rings is 2. The Morgan fingerprint density at radius 3 is 2.25 bits per heavy atom. The molecule has 2 aromatic carbocycles. The molecule has 2 heterocycles. The van der Waals surface area contributed by atoms with E-state index in [0.717, 1.165) is 39.5 Å². The first-order valence-electron chi connectivity index (χ1n) is 8.21. The lowest BCUT2D eigenvalue weighted by molar-refractivity contribution is 0.306. The normalized spacial score (nSPS) is 14.5. The Hall–Kier alpha value is -2.39. The third-order valence-corrected chi connectivity index (χ3v) is 4.96. The van der Waals surface area contributed by atoms with Gasteiger partial charge < -0.3 is 4.74 Å². The first-order chi connectivity index (χ1) is 11.8. The molecule has 1 aliphatic carbocycles. The van der Waals surface area contributed by atoms with E-state index in [2.05, 4.69) is 0 Å². The van der Waals surface area contributed by atoms with Crippen LogP contribution in [0.3, 0.4) is 0 Å². The highest BCUT2D eigenvalue weighted by Gasteiger charge is 2.24. The van der Waals surface area contributed by atoms with Gasteiger partial charge in [0, 0.05) is 10.8 Å². The average molecular weight is 335 g/mol. The summed E-state index contributed by atoms with van der Waals surface area (Å²) in [4.78, 5) is 9.43. The summed E-state index contributed by atoms with van der Waals surface area (Å²) in [5, 5.41) is 3.40. The van der Waals surface area contributed by atoms with Crippen molar-refractivity contribution in [2.45, 2.75) is 12.8 Å². The summed E-state index contributed by atoms with van der Waals surface area (Å²) in [5.41, 5.74) is 2.38. The van der Waals surface area contributed by atoms with Crippen molar-refractivity contribution >= 4 is 44.4 Å². The van der Waals surface area contributed by atoms with Gasteiger partial charge in [0.05, 0.1) is 28.0 Å². The molecule has 0 aliphatic heterocycles. The van der Waals surface area contributed by atoms with Crippen LogP contribution in [0.4, 0.5) is 0 Å². The standard InChI is InChI=1S/C20H15ClN2O/c21-18-13-5-1-3-7-15(13)22-20-17(18)19(24-11-12-9-10-12)14-6-2-4-8-16(14)23-20/h1-8,12H,9-11H2. The number of fused-ring (bicyclic) bond motifs is 3. The van der Waals surface area contributed by atoms with Gasteiger partial charge in [-0.1, -0.05) is 41.9 Å². The van der Waals surface area contributed by atoms with Crippen molar-refractivity contribution in [3.63, 3.8) is 0 Å². The Kier molecular flexibility index (Phi) is 3.10. The lowest BCUT2D eigenvalue weighted by Crippen LogP contribution is -2.02. The molecule has 0 spiro atoms. The predicted molar refractivity (Wildman–Crippen MR) is 97.8 cm³/mol. The predicted octanol–water partition coefficient (Wildman–Crippen LogP) is 5.38. The summed E-state index contributed by atoms with van der Waals surface area (Å²) in [7, 11) is 0. The lowest BCUT2D eigenvalue weighted by Gasteiger charge is -2.14. The summed E-state index contributed by atoms with van der Waals surface area (Å²) >= 11 is 6.75. The Labute approximate surface area is 144 Å². The van der Waals surface area contributed by atoms with Gasteiger partial charge in [-0.3, -0.25) is 0 Å². The molecule has 0 N–H and O–H groups in total. The fourth-order valence-corrected chi connectivity index (χ4v) is 3.42. The molecule has 0 amide bonds. The van der Waals surface area contributed by atoms with Crippen LogP contribution in [0.2, 0.25) is 5.02 Å². The summed E-state index contributed by atoms with van der Waals surface area (Å²) in [5.74, 6) is 1.48. The van der Waals surface area contributed by atoms with Crippen LogP contribution in [0.5, 0.6) is 5.75 Å². The Morgan fingerprint density at radius 2 is 1.54 bits per heavy atom. The van der Waals surface area contributed by atoms with E-state index < -0.39 is 0 Å². The van der Waals surface area contributed by atoms with E-state index in [1.165, 1.54) is 12.8 Å². The minimum atomic E-state index is 0.642. The minimum Gasteiger partial charge on any atom is -0.492 e. The van der Waals surface area contributed by atoms with Crippen molar-refractivity contribution in [3.05, 3.63) is 53.6 Å². The number of aromatic nitrogens is 2. The molecule has 0 atom stereocenters. The molecule has 0 unspecified atom stereocenters. The second-order valence-corrected chi connectivity index (χ2v) is 6.73. The van der Waals surface area contributed by atoms with E-state index in [0.29, 0.717) is 16.6 Å². The third-order valence-electron chi connectivity index (χ3n) is 4.57. The molecule has 2 aromatic heterocycles. The second-order valence-electron chi connectivity index (χ2n) is 6.35. The highest BCUT2D eigenvalue weighted by Crippen LogP contribution is 2.40. The zero-order valence-electron chi connectivity index (χ0n) is 13.0. The number of nitrogens with zero attached hydrogens (tertiary/aromatic N) is 2. The zero-order chi connectivity index (χ0) is 16.1. The maximum absolute atomic E-state index is 6.75. The van der Waals surface area contributed by atoms with Crippen LogP contribution in [0.25, 0.3) is 32.8 Å². The van der Waals surface area contributed by atoms with E-state index in [9.17, 15) is 0 Å². The molecule has 118 valence electrons. The second kappa shape index (κ2) is 5.32. The number of hydrogen-bond donors (Lipinski definition) is 0. The molecule has 1 aliphatic rings. The van der Waals surface area contributed by atoms with Crippen molar-refractivity contribution in [2.24, 2.45) is 5.92 Å². The zero-order valence-corrected chi connectivity index (χ0v) is 13.8. The van der Waals surface area contributed by atoms with E-state index >= 15 is 0 Å². The average Bonchev–Trinajstić information content (AvgIpc) is 3.43. The molecule has 5 rings (SSSR count). The van der Waals surface area contributed by atoms with Crippen molar-refractivity contribution in [1.29, 1.82) is 0 Å². The summed E-state index contributed by atoms with van der Waals surface area (Å²) in [6.07, 6.45) is 2.49. The topological polar surface area (TPSA) is 35.0 Å². The maximum Gasteiger partial charge on any atom is 0.165 e. The molecule has 1 fully saturated rings. The molecule has 0 radical (unpaired) electrons. The largest absolute Gasteiger partial charge is 0.492 e. The third kappa shape index (κ3) is 2.20. The van der Waals surface area contributed by atoms with Gasteiger partial charge in [0.15, 0.2) is 5.65 Å². The van der Waals surface area contributed by atoms with Crippen LogP contribution < -0.4 is 4.74 Å². The van der Waals surface area contributed by atoms with Crippen LogP contribution in [0, 0.1) is 5.92 Å².